The predicted octanol–water partition coefficient (Wildman–Crippen LogP) is 4.73. The van der Waals surface area contributed by atoms with E-state index in [4.69, 9.17) is 4.74 Å². The normalized spacial score (nSPS) is 11.5. The molecule has 1 aromatic heterocycles. The van der Waals surface area contributed by atoms with Gasteiger partial charge in [-0.3, -0.25) is 9.59 Å². The van der Waals surface area contributed by atoms with Gasteiger partial charge in [-0.05, 0) is 52.2 Å². The minimum Gasteiger partial charge on any atom is -0.497 e. The SMILES string of the molecule is CCCSc1ncc(Br)c(C(=O)N[C@@H](Cc2ccccc2)C(=O)Nc2ccc(OC)cc2)n1. The number of carbonyl (C=O) groups excluding carboxylic acids is 2. The van der Waals surface area contributed by atoms with Crippen molar-refractivity contribution in [3.8, 4) is 5.75 Å². The number of ether oxygens (including phenoxy) is 1. The van der Waals surface area contributed by atoms with E-state index < -0.39 is 11.9 Å². The summed E-state index contributed by atoms with van der Waals surface area (Å²) >= 11 is 4.83. The van der Waals surface area contributed by atoms with Crippen molar-refractivity contribution in [2.45, 2.75) is 31.0 Å². The van der Waals surface area contributed by atoms with Crippen LogP contribution in [0.25, 0.3) is 0 Å². The van der Waals surface area contributed by atoms with E-state index in [2.05, 4.69) is 43.5 Å². The Labute approximate surface area is 205 Å². The molecule has 0 aliphatic carbocycles. The Morgan fingerprint density at radius 3 is 2.52 bits per heavy atom. The topological polar surface area (TPSA) is 93.2 Å². The van der Waals surface area contributed by atoms with Crippen LogP contribution in [0.15, 0.2) is 70.4 Å². The summed E-state index contributed by atoms with van der Waals surface area (Å²) in [7, 11) is 1.58. The Balaban J connectivity index is 1.80. The summed E-state index contributed by atoms with van der Waals surface area (Å²) in [4.78, 5) is 34.8. The van der Waals surface area contributed by atoms with Gasteiger partial charge >= 0.3 is 0 Å². The summed E-state index contributed by atoms with van der Waals surface area (Å²) in [6.07, 6.45) is 2.86. The maximum atomic E-state index is 13.1. The number of thioether (sulfide) groups is 1. The fourth-order valence-electron chi connectivity index (χ4n) is 2.96. The molecule has 1 atom stereocenters. The number of methoxy groups -OCH3 is 1. The Morgan fingerprint density at radius 2 is 1.85 bits per heavy atom. The molecule has 2 amide bonds. The van der Waals surface area contributed by atoms with Crippen molar-refractivity contribution in [1.29, 1.82) is 0 Å². The number of nitrogens with one attached hydrogen (secondary N) is 2. The molecule has 0 bridgehead atoms. The molecule has 0 aliphatic heterocycles. The summed E-state index contributed by atoms with van der Waals surface area (Å²) in [5, 5.41) is 6.23. The van der Waals surface area contributed by atoms with Crippen molar-refractivity contribution >= 4 is 45.2 Å². The average Bonchev–Trinajstić information content (AvgIpc) is 2.84. The van der Waals surface area contributed by atoms with Crippen molar-refractivity contribution in [2.75, 3.05) is 18.2 Å². The number of hydrogen-bond acceptors (Lipinski definition) is 6. The molecule has 2 N–H and O–H groups in total. The number of halogens is 1. The number of anilines is 1. The molecule has 9 heteroatoms. The van der Waals surface area contributed by atoms with Gasteiger partial charge in [0.1, 0.15) is 17.5 Å². The van der Waals surface area contributed by atoms with Crippen LogP contribution in [0.2, 0.25) is 0 Å². The molecule has 3 aromatic rings. The smallest absolute Gasteiger partial charge is 0.271 e. The van der Waals surface area contributed by atoms with Crippen LogP contribution in [0.5, 0.6) is 5.75 Å². The fourth-order valence-corrected chi connectivity index (χ4v) is 4.00. The van der Waals surface area contributed by atoms with Crippen LogP contribution in [-0.2, 0) is 11.2 Å². The predicted molar refractivity (Wildman–Crippen MR) is 134 cm³/mol. The molecule has 3 rings (SSSR count). The zero-order valence-electron chi connectivity index (χ0n) is 18.4. The third-order valence-corrected chi connectivity index (χ3v) is 6.28. The van der Waals surface area contributed by atoms with E-state index in [-0.39, 0.29) is 11.6 Å². The molecule has 0 fully saturated rings. The lowest BCUT2D eigenvalue weighted by atomic mass is 10.0. The fraction of sp³-hybridized carbons (Fsp3) is 0.250. The van der Waals surface area contributed by atoms with Gasteiger partial charge in [-0.25, -0.2) is 9.97 Å². The summed E-state index contributed by atoms with van der Waals surface area (Å²) in [5.41, 5.74) is 1.72. The third-order valence-electron chi connectivity index (χ3n) is 4.63. The van der Waals surface area contributed by atoms with Gasteiger partial charge in [0.05, 0.1) is 11.6 Å². The quantitative estimate of drug-likeness (QED) is 0.292. The minimum atomic E-state index is -0.810. The first kappa shape index (κ1) is 24.7. The Morgan fingerprint density at radius 1 is 1.12 bits per heavy atom. The summed E-state index contributed by atoms with van der Waals surface area (Å²) < 4.78 is 5.63. The molecular weight excluding hydrogens is 504 g/mol. The van der Waals surface area contributed by atoms with E-state index >= 15 is 0 Å². The van der Waals surface area contributed by atoms with Crippen molar-refractivity contribution in [3.63, 3.8) is 0 Å². The summed E-state index contributed by atoms with van der Waals surface area (Å²) in [6.45, 7) is 2.06. The number of carbonyl (C=O) groups is 2. The largest absolute Gasteiger partial charge is 0.497 e. The first-order valence-electron chi connectivity index (χ1n) is 10.4. The van der Waals surface area contributed by atoms with Crippen molar-refractivity contribution in [1.82, 2.24) is 15.3 Å². The van der Waals surface area contributed by atoms with Crippen LogP contribution >= 0.6 is 27.7 Å². The summed E-state index contributed by atoms with van der Waals surface area (Å²) in [5.74, 6) is 0.757. The number of hydrogen-bond donors (Lipinski definition) is 2. The maximum absolute atomic E-state index is 13.1. The molecule has 0 radical (unpaired) electrons. The zero-order chi connectivity index (χ0) is 23.6. The first-order valence-corrected chi connectivity index (χ1v) is 12.2. The molecule has 172 valence electrons. The second-order valence-corrected chi connectivity index (χ2v) is 9.05. The van der Waals surface area contributed by atoms with Crippen LogP contribution in [0.3, 0.4) is 0 Å². The highest BCUT2D eigenvalue weighted by atomic mass is 79.9. The molecule has 0 saturated carbocycles. The van der Waals surface area contributed by atoms with E-state index in [1.807, 2.05) is 30.3 Å². The third kappa shape index (κ3) is 7.30. The van der Waals surface area contributed by atoms with E-state index in [0.29, 0.717) is 27.5 Å². The Bertz CT molecular complexity index is 1080. The molecule has 1 heterocycles. The second-order valence-electron chi connectivity index (χ2n) is 7.13. The highest BCUT2D eigenvalue weighted by Crippen LogP contribution is 2.20. The van der Waals surface area contributed by atoms with Crippen LogP contribution < -0.4 is 15.4 Å². The van der Waals surface area contributed by atoms with Crippen molar-refractivity contribution in [2.24, 2.45) is 0 Å². The lowest BCUT2D eigenvalue weighted by Crippen LogP contribution is -2.45. The van der Waals surface area contributed by atoms with Gasteiger partial charge < -0.3 is 15.4 Å². The standard InChI is InChI=1S/C24H25BrN4O3S/c1-3-13-33-24-26-15-19(25)21(29-24)23(31)28-20(14-16-7-5-4-6-8-16)22(30)27-17-9-11-18(32-2)12-10-17/h4-12,15,20H,3,13-14H2,1-2H3,(H,27,30)(H,28,31)/t20-/m0/s1. The van der Waals surface area contributed by atoms with E-state index in [1.165, 1.54) is 11.8 Å². The van der Waals surface area contributed by atoms with E-state index in [1.54, 1.807) is 37.6 Å². The van der Waals surface area contributed by atoms with Crippen molar-refractivity contribution in [3.05, 3.63) is 76.5 Å². The number of aromatic nitrogens is 2. The Hall–Kier alpha value is -2.91. The van der Waals surface area contributed by atoms with E-state index in [9.17, 15) is 9.59 Å². The van der Waals surface area contributed by atoms with Gasteiger partial charge in [0.25, 0.3) is 5.91 Å². The Kier molecular flexibility index (Phi) is 9.26. The van der Waals surface area contributed by atoms with Crippen LogP contribution in [0.4, 0.5) is 5.69 Å². The van der Waals surface area contributed by atoms with Gasteiger partial charge in [-0.2, -0.15) is 0 Å². The highest BCUT2D eigenvalue weighted by Gasteiger charge is 2.24. The lowest BCUT2D eigenvalue weighted by molar-refractivity contribution is -0.118. The van der Waals surface area contributed by atoms with Gasteiger partial charge in [0, 0.05) is 24.1 Å². The number of amides is 2. The molecular formula is C24H25BrN4O3S. The van der Waals surface area contributed by atoms with Crippen LogP contribution in [-0.4, -0.2) is 40.7 Å². The molecule has 33 heavy (non-hydrogen) atoms. The van der Waals surface area contributed by atoms with E-state index in [0.717, 1.165) is 17.7 Å². The molecule has 0 unspecified atom stereocenters. The number of benzene rings is 2. The average molecular weight is 529 g/mol. The molecule has 2 aromatic carbocycles. The molecule has 7 nitrogen and oxygen atoms in total. The van der Waals surface area contributed by atoms with Gasteiger partial charge in [0.15, 0.2) is 5.16 Å². The van der Waals surface area contributed by atoms with Crippen LogP contribution in [0, 0.1) is 0 Å². The van der Waals surface area contributed by atoms with Crippen molar-refractivity contribution < 1.29 is 14.3 Å². The molecule has 0 aliphatic rings. The monoisotopic (exact) mass is 528 g/mol. The van der Waals surface area contributed by atoms with Gasteiger partial charge in [-0.1, -0.05) is 49.0 Å². The molecule has 0 saturated heterocycles. The number of nitrogens with zero attached hydrogens (tertiary/aromatic N) is 2. The number of rotatable bonds is 10. The second kappa shape index (κ2) is 12.4. The lowest BCUT2D eigenvalue weighted by Gasteiger charge is -2.19. The van der Waals surface area contributed by atoms with Gasteiger partial charge in [0.2, 0.25) is 5.91 Å². The minimum absolute atomic E-state index is 0.193. The maximum Gasteiger partial charge on any atom is 0.271 e. The zero-order valence-corrected chi connectivity index (χ0v) is 20.8. The first-order chi connectivity index (χ1) is 16.0. The summed E-state index contributed by atoms with van der Waals surface area (Å²) in [6, 6.07) is 15.7. The molecule has 0 spiro atoms. The van der Waals surface area contributed by atoms with Gasteiger partial charge in [-0.15, -0.1) is 0 Å². The highest BCUT2D eigenvalue weighted by molar-refractivity contribution is 9.10. The van der Waals surface area contributed by atoms with Crippen LogP contribution in [0.1, 0.15) is 29.4 Å².